The molecule has 0 saturated heterocycles. The summed E-state index contributed by atoms with van der Waals surface area (Å²) < 4.78 is 63.3. The lowest BCUT2D eigenvalue weighted by Gasteiger charge is -2.13. The molecule has 0 bridgehead atoms. The number of amides is 1. The number of carbonyl (C=O) groups is 1. The van der Waals surface area contributed by atoms with Gasteiger partial charge in [0.25, 0.3) is 5.69 Å². The van der Waals surface area contributed by atoms with Crippen LogP contribution in [0.2, 0.25) is 0 Å². The second-order valence-electron chi connectivity index (χ2n) is 6.52. The number of hydrogen-bond acceptors (Lipinski definition) is 5. The van der Waals surface area contributed by atoms with Crippen molar-refractivity contribution in [1.82, 2.24) is 0 Å². The molecule has 156 valence electrons. The SMILES string of the molecule is Cc1cc(C)c(NC(=O)CS(=O)(=O)c2ccc(C(F)(F)F)cc2[N+](=O)[O-])c(C)c1. The fraction of sp³-hybridized carbons (Fsp3) is 0.278. The first-order valence-corrected chi connectivity index (χ1v) is 9.83. The number of nitro groups is 1. The summed E-state index contributed by atoms with van der Waals surface area (Å²) >= 11 is 0. The van der Waals surface area contributed by atoms with Crippen molar-refractivity contribution in [3.63, 3.8) is 0 Å². The van der Waals surface area contributed by atoms with Gasteiger partial charge in [-0.3, -0.25) is 14.9 Å². The molecule has 1 N–H and O–H groups in total. The molecule has 2 rings (SSSR count). The lowest BCUT2D eigenvalue weighted by molar-refractivity contribution is -0.388. The highest BCUT2D eigenvalue weighted by atomic mass is 32.2. The van der Waals surface area contributed by atoms with Crippen LogP contribution in [0.25, 0.3) is 0 Å². The number of nitrogens with zero attached hydrogens (tertiary/aromatic N) is 1. The molecule has 0 radical (unpaired) electrons. The van der Waals surface area contributed by atoms with E-state index in [1.807, 2.05) is 6.92 Å². The van der Waals surface area contributed by atoms with Crippen molar-refractivity contribution in [1.29, 1.82) is 0 Å². The van der Waals surface area contributed by atoms with E-state index in [1.165, 1.54) is 0 Å². The number of halogens is 3. The molecule has 0 aromatic heterocycles. The van der Waals surface area contributed by atoms with Crippen molar-refractivity contribution in [3.8, 4) is 0 Å². The molecule has 2 aromatic rings. The van der Waals surface area contributed by atoms with Gasteiger partial charge in [0, 0.05) is 11.8 Å². The first-order chi connectivity index (χ1) is 13.2. The summed E-state index contributed by atoms with van der Waals surface area (Å²) in [6.07, 6.45) is -4.88. The zero-order valence-electron chi connectivity index (χ0n) is 15.6. The smallest absolute Gasteiger partial charge is 0.325 e. The van der Waals surface area contributed by atoms with Gasteiger partial charge in [-0.15, -0.1) is 0 Å². The van der Waals surface area contributed by atoms with Gasteiger partial charge in [0.2, 0.25) is 5.91 Å². The van der Waals surface area contributed by atoms with Crippen LogP contribution in [-0.2, 0) is 20.8 Å². The van der Waals surface area contributed by atoms with Crippen LogP contribution < -0.4 is 5.32 Å². The molecule has 0 aliphatic rings. The van der Waals surface area contributed by atoms with Crippen molar-refractivity contribution < 1.29 is 31.3 Å². The number of alkyl halides is 3. The topological polar surface area (TPSA) is 106 Å². The minimum absolute atomic E-state index is 0.138. The van der Waals surface area contributed by atoms with Gasteiger partial charge in [0.05, 0.1) is 10.5 Å². The second-order valence-corrected chi connectivity index (χ2v) is 8.48. The first kappa shape index (κ1) is 22.3. The molecular formula is C18H17F3N2O5S. The molecule has 0 saturated carbocycles. The Hall–Kier alpha value is -2.95. The van der Waals surface area contributed by atoms with E-state index in [1.54, 1.807) is 26.0 Å². The summed E-state index contributed by atoms with van der Waals surface area (Å²) in [4.78, 5) is 21.2. The van der Waals surface area contributed by atoms with E-state index in [0.29, 0.717) is 28.9 Å². The summed E-state index contributed by atoms with van der Waals surface area (Å²) in [6, 6.07) is 4.60. The molecule has 11 heteroatoms. The van der Waals surface area contributed by atoms with Gasteiger partial charge in [-0.2, -0.15) is 13.2 Å². The molecule has 0 fully saturated rings. The zero-order valence-corrected chi connectivity index (χ0v) is 16.4. The average Bonchev–Trinajstić information content (AvgIpc) is 2.56. The van der Waals surface area contributed by atoms with Crippen molar-refractivity contribution >= 4 is 27.1 Å². The number of hydrogen-bond donors (Lipinski definition) is 1. The summed E-state index contributed by atoms with van der Waals surface area (Å²) in [5, 5.41) is 13.6. The van der Waals surface area contributed by atoms with Crippen LogP contribution in [0.3, 0.4) is 0 Å². The predicted octanol–water partition coefficient (Wildman–Crippen LogP) is 3.95. The number of anilines is 1. The minimum Gasteiger partial charge on any atom is -0.325 e. The lowest BCUT2D eigenvalue weighted by atomic mass is 10.1. The monoisotopic (exact) mass is 430 g/mol. The Kier molecular flexibility index (Phi) is 6.02. The Morgan fingerprint density at radius 3 is 2.14 bits per heavy atom. The molecule has 1 amide bonds. The van der Waals surface area contributed by atoms with Crippen molar-refractivity contribution in [3.05, 3.63) is 62.7 Å². The fourth-order valence-electron chi connectivity index (χ4n) is 2.90. The number of nitrogens with one attached hydrogen (secondary N) is 1. The Morgan fingerprint density at radius 1 is 1.10 bits per heavy atom. The lowest BCUT2D eigenvalue weighted by Crippen LogP contribution is -2.24. The van der Waals surface area contributed by atoms with Gasteiger partial charge in [-0.25, -0.2) is 8.42 Å². The molecule has 0 aliphatic heterocycles. The average molecular weight is 430 g/mol. The van der Waals surface area contributed by atoms with E-state index in [0.717, 1.165) is 5.56 Å². The third kappa shape index (κ3) is 5.11. The standard InChI is InChI=1S/C18H17F3N2O5S/c1-10-6-11(2)17(12(3)7-10)22-16(24)9-29(27,28)15-5-4-13(18(19,20)21)8-14(15)23(25)26/h4-8H,9H2,1-3H3,(H,22,24). The summed E-state index contributed by atoms with van der Waals surface area (Å²) in [7, 11) is -4.57. The molecule has 0 atom stereocenters. The van der Waals surface area contributed by atoms with E-state index >= 15 is 0 Å². The fourth-order valence-corrected chi connectivity index (χ4v) is 4.20. The largest absolute Gasteiger partial charge is 0.416 e. The maximum atomic E-state index is 12.8. The van der Waals surface area contributed by atoms with Gasteiger partial charge in [-0.1, -0.05) is 17.7 Å². The number of rotatable bonds is 5. The molecule has 0 spiro atoms. The number of sulfone groups is 1. The van der Waals surface area contributed by atoms with Crippen LogP contribution >= 0.6 is 0 Å². The summed E-state index contributed by atoms with van der Waals surface area (Å²) in [5.41, 5.74) is 0.111. The van der Waals surface area contributed by atoms with Crippen LogP contribution in [0.15, 0.2) is 35.2 Å². The molecule has 0 unspecified atom stereocenters. The maximum absolute atomic E-state index is 12.8. The Morgan fingerprint density at radius 2 is 1.66 bits per heavy atom. The van der Waals surface area contributed by atoms with E-state index in [-0.39, 0.29) is 6.07 Å². The molecule has 0 aliphatic carbocycles. The third-order valence-electron chi connectivity index (χ3n) is 4.08. The minimum atomic E-state index is -4.88. The maximum Gasteiger partial charge on any atom is 0.416 e. The highest BCUT2D eigenvalue weighted by molar-refractivity contribution is 7.92. The van der Waals surface area contributed by atoms with Crippen LogP contribution in [-0.4, -0.2) is 25.0 Å². The third-order valence-corrected chi connectivity index (χ3v) is 5.74. The Bertz CT molecular complexity index is 1070. The van der Waals surface area contributed by atoms with Gasteiger partial charge in [0.1, 0.15) is 10.6 Å². The van der Waals surface area contributed by atoms with Crippen molar-refractivity contribution in [2.24, 2.45) is 0 Å². The Labute approximate surface area is 164 Å². The number of nitro benzene ring substituents is 1. The molecule has 0 heterocycles. The van der Waals surface area contributed by atoms with E-state index in [4.69, 9.17) is 0 Å². The zero-order chi connectivity index (χ0) is 22.1. The Balaban J connectivity index is 2.36. The summed E-state index contributed by atoms with van der Waals surface area (Å²) in [5.74, 6) is -2.12. The molecule has 2 aromatic carbocycles. The predicted molar refractivity (Wildman–Crippen MR) is 99.4 cm³/mol. The highest BCUT2D eigenvalue weighted by Gasteiger charge is 2.36. The van der Waals surface area contributed by atoms with Gasteiger partial charge < -0.3 is 5.32 Å². The van der Waals surface area contributed by atoms with Gasteiger partial charge in [0.15, 0.2) is 9.84 Å². The number of carbonyl (C=O) groups excluding carboxylic acids is 1. The van der Waals surface area contributed by atoms with E-state index in [9.17, 15) is 36.5 Å². The molecular weight excluding hydrogens is 413 g/mol. The molecule has 29 heavy (non-hydrogen) atoms. The second kappa shape index (κ2) is 7.82. The summed E-state index contributed by atoms with van der Waals surface area (Å²) in [6.45, 7) is 5.27. The van der Waals surface area contributed by atoms with Crippen LogP contribution in [0.4, 0.5) is 24.5 Å². The number of benzene rings is 2. The van der Waals surface area contributed by atoms with Crippen molar-refractivity contribution in [2.75, 3.05) is 11.1 Å². The quantitative estimate of drug-likeness (QED) is 0.571. The normalized spacial score (nSPS) is 11.9. The highest BCUT2D eigenvalue weighted by Crippen LogP contribution is 2.35. The van der Waals surface area contributed by atoms with Crippen molar-refractivity contribution in [2.45, 2.75) is 31.8 Å². The van der Waals surface area contributed by atoms with E-state index < -0.39 is 48.7 Å². The van der Waals surface area contributed by atoms with Crippen LogP contribution in [0.5, 0.6) is 0 Å². The van der Waals surface area contributed by atoms with Crippen LogP contribution in [0, 0.1) is 30.9 Å². The van der Waals surface area contributed by atoms with E-state index in [2.05, 4.69) is 5.32 Å². The molecule has 7 nitrogen and oxygen atoms in total. The first-order valence-electron chi connectivity index (χ1n) is 8.18. The van der Waals surface area contributed by atoms with Gasteiger partial charge >= 0.3 is 6.18 Å². The van der Waals surface area contributed by atoms with Gasteiger partial charge in [-0.05, 0) is 44.0 Å². The number of aryl methyl sites for hydroxylation is 3. The van der Waals surface area contributed by atoms with Crippen LogP contribution in [0.1, 0.15) is 22.3 Å².